The van der Waals surface area contributed by atoms with Gasteiger partial charge in [-0.25, -0.2) is 9.78 Å². The molecule has 0 unspecified atom stereocenters. The highest BCUT2D eigenvalue weighted by atomic mass is 16.5. The van der Waals surface area contributed by atoms with E-state index in [2.05, 4.69) is 15.6 Å². The first-order valence-electron chi connectivity index (χ1n) is 6.79. The predicted molar refractivity (Wildman–Crippen MR) is 74.9 cm³/mol. The molecular weight excluding hydrogens is 274 g/mol. The summed E-state index contributed by atoms with van der Waals surface area (Å²) in [7, 11) is 1.53. The van der Waals surface area contributed by atoms with Crippen LogP contribution in [-0.2, 0) is 16.1 Å². The maximum atomic E-state index is 11.6. The molecule has 2 N–H and O–H groups in total. The number of hydrogen-bond acceptors (Lipinski definition) is 5. The molecule has 114 valence electrons. The van der Waals surface area contributed by atoms with Crippen LogP contribution in [0.1, 0.15) is 24.1 Å². The van der Waals surface area contributed by atoms with Gasteiger partial charge in [0, 0.05) is 17.7 Å². The van der Waals surface area contributed by atoms with Gasteiger partial charge in [0.05, 0.1) is 19.7 Å². The minimum absolute atomic E-state index is 0.000487. The van der Waals surface area contributed by atoms with E-state index in [1.807, 2.05) is 19.1 Å². The van der Waals surface area contributed by atoms with Gasteiger partial charge in [0.15, 0.2) is 0 Å². The Balaban J connectivity index is 1.77. The fraction of sp³-hybridized carbons (Fsp3) is 0.500. The highest BCUT2D eigenvalue weighted by molar-refractivity contribution is 5.78. The number of aryl methyl sites for hydroxylation is 1. The van der Waals surface area contributed by atoms with Crippen LogP contribution >= 0.6 is 0 Å². The molecule has 1 fully saturated rings. The second-order valence-electron chi connectivity index (χ2n) is 4.88. The average molecular weight is 293 g/mol. The largest absolute Gasteiger partial charge is 0.481 e. The molecule has 1 saturated heterocycles. The molecule has 0 aliphatic carbocycles. The van der Waals surface area contributed by atoms with Crippen LogP contribution < -0.4 is 15.4 Å². The van der Waals surface area contributed by atoms with Crippen molar-refractivity contribution in [1.82, 2.24) is 15.6 Å². The fourth-order valence-corrected chi connectivity index (χ4v) is 2.07. The van der Waals surface area contributed by atoms with E-state index in [1.54, 1.807) is 0 Å². The molecule has 1 aliphatic rings. The number of aromatic nitrogens is 1. The number of pyridine rings is 1. The summed E-state index contributed by atoms with van der Waals surface area (Å²) in [5.74, 6) is 0.484. The first kappa shape index (κ1) is 15.1. The number of hydrogen-bond donors (Lipinski definition) is 2. The highest BCUT2D eigenvalue weighted by Gasteiger charge is 2.21. The van der Waals surface area contributed by atoms with Crippen LogP contribution in [0.15, 0.2) is 12.1 Å². The molecule has 2 rings (SSSR count). The molecule has 0 aromatic carbocycles. The van der Waals surface area contributed by atoms with Gasteiger partial charge in [-0.2, -0.15) is 0 Å². The van der Waals surface area contributed by atoms with E-state index in [4.69, 9.17) is 9.47 Å². The summed E-state index contributed by atoms with van der Waals surface area (Å²) in [6, 6.07) is 3.61. The van der Waals surface area contributed by atoms with Crippen molar-refractivity contribution in [3.63, 3.8) is 0 Å². The SMILES string of the molecule is COc1nc(C)ccc1CNC(=O)OC[C@@H]1CCC(=O)N1. The van der Waals surface area contributed by atoms with Crippen molar-refractivity contribution < 1.29 is 19.1 Å². The zero-order valence-electron chi connectivity index (χ0n) is 12.1. The molecule has 2 amide bonds. The lowest BCUT2D eigenvalue weighted by atomic mass is 10.2. The summed E-state index contributed by atoms with van der Waals surface area (Å²) in [6.07, 6.45) is 0.655. The van der Waals surface area contributed by atoms with Crippen molar-refractivity contribution in [1.29, 1.82) is 0 Å². The van der Waals surface area contributed by atoms with E-state index in [0.29, 0.717) is 18.7 Å². The molecule has 21 heavy (non-hydrogen) atoms. The summed E-state index contributed by atoms with van der Waals surface area (Å²) in [5.41, 5.74) is 1.62. The van der Waals surface area contributed by atoms with Crippen LogP contribution in [-0.4, -0.2) is 36.7 Å². The van der Waals surface area contributed by atoms with E-state index >= 15 is 0 Å². The summed E-state index contributed by atoms with van der Waals surface area (Å²) in [4.78, 5) is 26.9. The smallest absolute Gasteiger partial charge is 0.407 e. The van der Waals surface area contributed by atoms with E-state index in [0.717, 1.165) is 11.3 Å². The normalized spacial score (nSPS) is 17.2. The third-order valence-electron chi connectivity index (χ3n) is 3.20. The first-order chi connectivity index (χ1) is 10.1. The molecule has 0 saturated carbocycles. The van der Waals surface area contributed by atoms with E-state index in [9.17, 15) is 9.59 Å². The Labute approximate surface area is 123 Å². The molecule has 0 spiro atoms. The van der Waals surface area contributed by atoms with E-state index < -0.39 is 6.09 Å². The lowest BCUT2D eigenvalue weighted by Crippen LogP contribution is -2.33. The van der Waals surface area contributed by atoms with Crippen molar-refractivity contribution >= 4 is 12.0 Å². The molecule has 1 aromatic heterocycles. The van der Waals surface area contributed by atoms with Crippen LogP contribution in [0.25, 0.3) is 0 Å². The Morgan fingerprint density at radius 3 is 3.00 bits per heavy atom. The van der Waals surface area contributed by atoms with Crippen LogP contribution in [0.3, 0.4) is 0 Å². The molecule has 1 atom stereocenters. The third kappa shape index (κ3) is 4.34. The zero-order valence-corrected chi connectivity index (χ0v) is 12.1. The predicted octanol–water partition coefficient (Wildman–Crippen LogP) is 0.903. The number of rotatable bonds is 5. The Hall–Kier alpha value is -2.31. The molecule has 0 radical (unpaired) electrons. The fourth-order valence-electron chi connectivity index (χ4n) is 2.07. The highest BCUT2D eigenvalue weighted by Crippen LogP contribution is 2.15. The maximum absolute atomic E-state index is 11.6. The number of methoxy groups -OCH3 is 1. The second kappa shape index (κ2) is 6.92. The molecule has 7 nitrogen and oxygen atoms in total. The first-order valence-corrected chi connectivity index (χ1v) is 6.79. The van der Waals surface area contributed by atoms with E-state index in [-0.39, 0.29) is 25.1 Å². The second-order valence-corrected chi connectivity index (χ2v) is 4.88. The number of ether oxygens (including phenoxy) is 2. The maximum Gasteiger partial charge on any atom is 0.407 e. The number of nitrogens with one attached hydrogen (secondary N) is 2. The van der Waals surface area contributed by atoms with Gasteiger partial charge in [-0.3, -0.25) is 4.79 Å². The lowest BCUT2D eigenvalue weighted by Gasteiger charge is -2.12. The Kier molecular flexibility index (Phi) is 4.97. The van der Waals surface area contributed by atoms with Crippen LogP contribution in [0.4, 0.5) is 4.79 Å². The van der Waals surface area contributed by atoms with Gasteiger partial charge in [0.1, 0.15) is 6.61 Å². The van der Waals surface area contributed by atoms with Gasteiger partial charge < -0.3 is 20.1 Å². The molecule has 1 aliphatic heterocycles. The summed E-state index contributed by atoms with van der Waals surface area (Å²) < 4.78 is 10.2. The molecule has 1 aromatic rings. The zero-order chi connectivity index (χ0) is 15.2. The van der Waals surface area contributed by atoms with Crippen molar-refractivity contribution in [2.45, 2.75) is 32.4 Å². The minimum Gasteiger partial charge on any atom is -0.481 e. The molecular formula is C14H19N3O4. The summed E-state index contributed by atoms with van der Waals surface area (Å²) >= 11 is 0. The van der Waals surface area contributed by atoms with Crippen molar-refractivity contribution in [3.8, 4) is 5.88 Å². The molecule has 0 bridgehead atoms. The standard InChI is InChI=1S/C14H19N3O4/c1-9-3-4-10(13(16-9)20-2)7-15-14(19)21-8-11-5-6-12(18)17-11/h3-4,11H,5-8H2,1-2H3,(H,15,19)(H,17,18)/t11-/m0/s1. The topological polar surface area (TPSA) is 89.6 Å². The number of carbonyl (C=O) groups is 2. The van der Waals surface area contributed by atoms with Crippen molar-refractivity contribution in [2.24, 2.45) is 0 Å². The Morgan fingerprint density at radius 1 is 1.52 bits per heavy atom. The average Bonchev–Trinajstić information content (AvgIpc) is 2.89. The van der Waals surface area contributed by atoms with Crippen molar-refractivity contribution in [3.05, 3.63) is 23.4 Å². The van der Waals surface area contributed by atoms with Gasteiger partial charge in [0.25, 0.3) is 0 Å². The quantitative estimate of drug-likeness (QED) is 0.842. The Morgan fingerprint density at radius 2 is 2.33 bits per heavy atom. The minimum atomic E-state index is -0.529. The van der Waals surface area contributed by atoms with Crippen molar-refractivity contribution in [2.75, 3.05) is 13.7 Å². The van der Waals surface area contributed by atoms with Gasteiger partial charge in [-0.15, -0.1) is 0 Å². The monoisotopic (exact) mass is 293 g/mol. The van der Waals surface area contributed by atoms with Gasteiger partial charge in [0.2, 0.25) is 11.8 Å². The Bertz CT molecular complexity index is 533. The van der Waals surface area contributed by atoms with Crippen LogP contribution in [0.2, 0.25) is 0 Å². The molecule has 2 heterocycles. The van der Waals surface area contributed by atoms with Gasteiger partial charge >= 0.3 is 6.09 Å². The third-order valence-corrected chi connectivity index (χ3v) is 3.20. The van der Waals surface area contributed by atoms with E-state index in [1.165, 1.54) is 7.11 Å². The number of nitrogens with zero attached hydrogens (tertiary/aromatic N) is 1. The lowest BCUT2D eigenvalue weighted by molar-refractivity contribution is -0.119. The van der Waals surface area contributed by atoms with Crippen LogP contribution in [0, 0.1) is 6.92 Å². The van der Waals surface area contributed by atoms with Gasteiger partial charge in [-0.05, 0) is 19.4 Å². The molecule has 7 heteroatoms. The number of alkyl carbamates (subject to hydrolysis) is 1. The number of carbonyl (C=O) groups excluding carboxylic acids is 2. The number of amides is 2. The summed E-state index contributed by atoms with van der Waals surface area (Å²) in [5, 5.41) is 5.37. The summed E-state index contributed by atoms with van der Waals surface area (Å²) in [6.45, 7) is 2.32. The van der Waals surface area contributed by atoms with Crippen LogP contribution in [0.5, 0.6) is 5.88 Å². The van der Waals surface area contributed by atoms with Gasteiger partial charge in [-0.1, -0.05) is 6.07 Å².